The number of phosphoric acid groups is 1. The van der Waals surface area contributed by atoms with Gasteiger partial charge in [0, 0.05) is 19.4 Å². The van der Waals surface area contributed by atoms with Gasteiger partial charge in [0.15, 0.2) is 6.10 Å². The van der Waals surface area contributed by atoms with Crippen molar-refractivity contribution in [1.29, 1.82) is 0 Å². The summed E-state index contributed by atoms with van der Waals surface area (Å²) in [4.78, 5) is 35.2. The zero-order valence-electron chi connectivity index (χ0n) is 46.7. The number of carbonyl (C=O) groups excluding carboxylic acids is 2. The quantitative estimate of drug-likeness (QED) is 0.0264. The molecule has 0 saturated carbocycles. The number of hydrogen-bond donors (Lipinski definition) is 2. The van der Waals surface area contributed by atoms with Crippen molar-refractivity contribution in [2.24, 2.45) is 5.73 Å². The van der Waals surface area contributed by atoms with Crippen molar-refractivity contribution in [2.75, 3.05) is 26.4 Å². The third kappa shape index (κ3) is 57.4. The number of hydrogen-bond acceptors (Lipinski definition) is 8. The predicted molar refractivity (Wildman–Crippen MR) is 303 cm³/mol. The van der Waals surface area contributed by atoms with E-state index in [1.54, 1.807) is 0 Å². The summed E-state index contributed by atoms with van der Waals surface area (Å²) >= 11 is 0. The smallest absolute Gasteiger partial charge is 0.462 e. The number of ether oxygens (including phenoxy) is 2. The van der Waals surface area contributed by atoms with Gasteiger partial charge in [-0.25, -0.2) is 4.57 Å². The Bertz CT molecular complexity index is 1260. The molecule has 3 N–H and O–H groups in total. The van der Waals surface area contributed by atoms with E-state index in [-0.39, 0.29) is 38.6 Å². The molecule has 10 heteroatoms. The van der Waals surface area contributed by atoms with Crippen LogP contribution in [-0.4, -0.2) is 49.3 Å². The normalized spacial score (nSPS) is 13.2. The fraction of sp³-hybridized carbons (Fsp3) is 0.869. The third-order valence-corrected chi connectivity index (χ3v) is 14.5. The Balaban J connectivity index is 3.91. The Morgan fingerprint density at radius 3 is 1.08 bits per heavy atom. The molecule has 0 aliphatic heterocycles. The highest BCUT2D eigenvalue weighted by molar-refractivity contribution is 7.47. The number of carbonyl (C=O) groups is 2. The zero-order valence-corrected chi connectivity index (χ0v) is 47.6. The van der Waals surface area contributed by atoms with E-state index in [1.165, 1.54) is 238 Å². The summed E-state index contributed by atoms with van der Waals surface area (Å²) in [7, 11) is -4.39. The average molecular weight is 1020 g/mol. The van der Waals surface area contributed by atoms with Crippen LogP contribution in [0.5, 0.6) is 0 Å². The molecule has 0 heterocycles. The molecule has 9 nitrogen and oxygen atoms in total. The van der Waals surface area contributed by atoms with Gasteiger partial charge in [-0.3, -0.25) is 18.6 Å². The Morgan fingerprint density at radius 2 is 0.732 bits per heavy atom. The van der Waals surface area contributed by atoms with Crippen molar-refractivity contribution in [1.82, 2.24) is 0 Å². The minimum Gasteiger partial charge on any atom is -0.462 e. The van der Waals surface area contributed by atoms with Gasteiger partial charge in [0.2, 0.25) is 0 Å². The largest absolute Gasteiger partial charge is 0.472 e. The van der Waals surface area contributed by atoms with E-state index in [9.17, 15) is 19.0 Å². The van der Waals surface area contributed by atoms with Crippen molar-refractivity contribution in [3.63, 3.8) is 0 Å². The van der Waals surface area contributed by atoms with Gasteiger partial charge in [0.05, 0.1) is 13.2 Å². The highest BCUT2D eigenvalue weighted by atomic mass is 31.2. The Hall–Kier alpha value is -1.77. The van der Waals surface area contributed by atoms with Crippen molar-refractivity contribution >= 4 is 19.8 Å². The monoisotopic (exact) mass is 1020 g/mol. The predicted octanol–water partition coefficient (Wildman–Crippen LogP) is 19.2. The van der Waals surface area contributed by atoms with Gasteiger partial charge in [-0.05, 0) is 70.6 Å². The highest BCUT2D eigenvalue weighted by Crippen LogP contribution is 2.43. The summed E-state index contributed by atoms with van der Waals surface area (Å²) in [6, 6.07) is 0. The molecule has 0 aromatic rings. The first-order valence-corrected chi connectivity index (χ1v) is 32.0. The molecule has 2 unspecified atom stereocenters. The van der Waals surface area contributed by atoms with Crippen molar-refractivity contribution in [3.05, 3.63) is 36.5 Å². The molecule has 0 aromatic carbocycles. The van der Waals surface area contributed by atoms with E-state index >= 15 is 0 Å². The maximum absolute atomic E-state index is 12.7. The lowest BCUT2D eigenvalue weighted by Gasteiger charge is -2.19. The van der Waals surface area contributed by atoms with Gasteiger partial charge >= 0.3 is 19.8 Å². The molecule has 0 bridgehead atoms. The summed E-state index contributed by atoms with van der Waals surface area (Å²) in [6.07, 6.45) is 69.2. The lowest BCUT2D eigenvalue weighted by Crippen LogP contribution is -2.29. The van der Waals surface area contributed by atoms with E-state index in [1.807, 2.05) is 0 Å². The number of allylic oxidation sites excluding steroid dienone is 6. The Kier molecular flexibility index (Phi) is 56.1. The lowest BCUT2D eigenvalue weighted by atomic mass is 10.0. The number of phosphoric ester groups is 1. The van der Waals surface area contributed by atoms with Crippen LogP contribution in [-0.2, 0) is 32.7 Å². The van der Waals surface area contributed by atoms with Gasteiger partial charge in [0.1, 0.15) is 6.61 Å². The molecule has 0 aliphatic carbocycles. The molecule has 71 heavy (non-hydrogen) atoms. The van der Waals surface area contributed by atoms with Crippen LogP contribution in [0.1, 0.15) is 309 Å². The van der Waals surface area contributed by atoms with Gasteiger partial charge in [-0.2, -0.15) is 0 Å². The second-order valence-electron chi connectivity index (χ2n) is 20.6. The van der Waals surface area contributed by atoms with E-state index in [0.29, 0.717) is 6.42 Å². The average Bonchev–Trinajstić information content (AvgIpc) is 3.36. The van der Waals surface area contributed by atoms with Gasteiger partial charge < -0.3 is 20.1 Å². The number of esters is 2. The fourth-order valence-corrected chi connectivity index (χ4v) is 9.72. The van der Waals surface area contributed by atoms with Crippen LogP contribution in [0, 0.1) is 0 Å². The zero-order chi connectivity index (χ0) is 51.7. The molecule has 0 amide bonds. The molecule has 2 atom stereocenters. The maximum atomic E-state index is 12.7. The summed E-state index contributed by atoms with van der Waals surface area (Å²) in [5, 5.41) is 0. The molecule has 0 radical (unpaired) electrons. The van der Waals surface area contributed by atoms with Crippen LogP contribution in [0.25, 0.3) is 0 Å². The Morgan fingerprint density at radius 1 is 0.423 bits per heavy atom. The fourth-order valence-electron chi connectivity index (χ4n) is 8.96. The molecule has 0 fully saturated rings. The van der Waals surface area contributed by atoms with Crippen LogP contribution >= 0.6 is 7.82 Å². The van der Waals surface area contributed by atoms with Crippen LogP contribution in [0.2, 0.25) is 0 Å². The summed E-state index contributed by atoms with van der Waals surface area (Å²) in [5.41, 5.74) is 5.39. The maximum Gasteiger partial charge on any atom is 0.472 e. The molecule has 0 aliphatic rings. The minimum absolute atomic E-state index is 0.0546. The summed E-state index contributed by atoms with van der Waals surface area (Å²) in [5.74, 6) is -0.815. The lowest BCUT2D eigenvalue weighted by molar-refractivity contribution is -0.161. The second kappa shape index (κ2) is 57.5. The SMILES string of the molecule is CCCCCCC/C=C\C/C=C\CCCCCCCCCCCCCCCCCCCC(=O)OC(COC(=O)CCCCCCCCCCC/C=C\CCCCCCCCCC)COP(=O)(O)OCCN. The first kappa shape index (κ1) is 69.2. The second-order valence-corrected chi connectivity index (χ2v) is 22.0. The molecule has 0 rings (SSSR count). The van der Waals surface area contributed by atoms with E-state index < -0.39 is 26.5 Å². The van der Waals surface area contributed by atoms with E-state index in [2.05, 4.69) is 50.3 Å². The van der Waals surface area contributed by atoms with E-state index in [4.69, 9.17) is 24.3 Å². The standard InChI is InChI=1S/C61H116NO8P/c1-3-5-7-9-11-13-15-17-19-21-23-25-26-27-28-29-30-31-32-34-36-38-40-42-44-46-48-50-52-54-61(64)70-59(58-69-71(65,66)68-56-55-62)57-67-60(63)53-51-49-47-45-43-41-39-37-35-33-24-22-20-18-16-14-12-10-8-6-4-2/h15,17,21-24,59H,3-14,16,18-20,25-58,62H2,1-2H3,(H,65,66)/b17-15-,23-21-,24-22-. The van der Waals surface area contributed by atoms with Crippen LogP contribution < -0.4 is 5.73 Å². The van der Waals surface area contributed by atoms with Crippen molar-refractivity contribution in [3.8, 4) is 0 Å². The molecule has 0 aromatic heterocycles. The molecular weight excluding hydrogens is 906 g/mol. The number of unbranched alkanes of at least 4 members (excludes halogenated alkanes) is 39. The summed E-state index contributed by atoms with van der Waals surface area (Å²) in [6.45, 7) is 3.78. The van der Waals surface area contributed by atoms with Gasteiger partial charge in [-0.1, -0.05) is 262 Å². The molecule has 0 spiro atoms. The molecule has 0 saturated heterocycles. The van der Waals surface area contributed by atoms with E-state index in [0.717, 1.165) is 38.5 Å². The Labute approximate surface area is 439 Å². The molecule has 418 valence electrons. The van der Waals surface area contributed by atoms with Crippen LogP contribution in [0.3, 0.4) is 0 Å². The van der Waals surface area contributed by atoms with Gasteiger partial charge in [0.25, 0.3) is 0 Å². The first-order chi connectivity index (χ1) is 34.8. The van der Waals surface area contributed by atoms with Gasteiger partial charge in [-0.15, -0.1) is 0 Å². The van der Waals surface area contributed by atoms with Crippen molar-refractivity contribution < 1.29 is 37.6 Å². The highest BCUT2D eigenvalue weighted by Gasteiger charge is 2.26. The number of rotatable bonds is 58. The van der Waals surface area contributed by atoms with Crippen LogP contribution in [0.4, 0.5) is 0 Å². The first-order valence-electron chi connectivity index (χ1n) is 30.5. The number of nitrogens with two attached hydrogens (primary N) is 1. The van der Waals surface area contributed by atoms with Crippen molar-refractivity contribution in [2.45, 2.75) is 315 Å². The third-order valence-electron chi connectivity index (χ3n) is 13.5. The summed E-state index contributed by atoms with van der Waals surface area (Å²) < 4.78 is 33.1. The molecular formula is C61H116NO8P. The topological polar surface area (TPSA) is 134 Å². The minimum atomic E-state index is -4.39. The van der Waals surface area contributed by atoms with Crippen LogP contribution in [0.15, 0.2) is 36.5 Å².